The van der Waals surface area contributed by atoms with Crippen molar-refractivity contribution in [2.75, 3.05) is 13.2 Å². The summed E-state index contributed by atoms with van der Waals surface area (Å²) in [6.45, 7) is 6.66. The van der Waals surface area contributed by atoms with Crippen LogP contribution in [-0.4, -0.2) is 26.5 Å². The second kappa shape index (κ2) is 8.49. The van der Waals surface area contributed by atoms with E-state index in [1.807, 2.05) is 24.3 Å². The van der Waals surface area contributed by atoms with E-state index in [-0.39, 0.29) is 30.0 Å². The first kappa shape index (κ1) is 20.9. The van der Waals surface area contributed by atoms with E-state index in [1.165, 1.54) is 23.8 Å². The SMILES string of the molecule is CC(C)(C)c1ccc(OCCNS(=O)(=O)Cc2cccc([N+](=O)[O-])c2)cc1. The Kier molecular flexibility index (Phi) is 6.56. The second-order valence-corrected chi connectivity index (χ2v) is 9.01. The zero-order chi connectivity index (χ0) is 20.1. The molecule has 27 heavy (non-hydrogen) atoms. The van der Waals surface area contributed by atoms with Crippen molar-refractivity contribution in [3.05, 3.63) is 69.8 Å². The molecule has 2 rings (SSSR count). The van der Waals surface area contributed by atoms with Crippen LogP contribution < -0.4 is 9.46 Å². The minimum Gasteiger partial charge on any atom is -0.492 e. The van der Waals surface area contributed by atoms with Gasteiger partial charge in [-0.05, 0) is 28.7 Å². The summed E-state index contributed by atoms with van der Waals surface area (Å²) in [6, 6.07) is 13.3. The topological polar surface area (TPSA) is 98.5 Å². The molecule has 0 saturated carbocycles. The predicted octanol–water partition coefficient (Wildman–Crippen LogP) is 3.39. The summed E-state index contributed by atoms with van der Waals surface area (Å²) in [5, 5.41) is 10.8. The van der Waals surface area contributed by atoms with Crippen LogP contribution in [0.5, 0.6) is 5.75 Å². The van der Waals surface area contributed by atoms with Crippen LogP contribution in [0.3, 0.4) is 0 Å². The number of nitrogens with zero attached hydrogens (tertiary/aromatic N) is 1. The number of rotatable bonds is 8. The third kappa shape index (κ3) is 6.65. The van der Waals surface area contributed by atoms with Gasteiger partial charge in [0, 0.05) is 18.7 Å². The number of nitro groups is 1. The van der Waals surface area contributed by atoms with Gasteiger partial charge in [0.05, 0.1) is 10.7 Å². The summed E-state index contributed by atoms with van der Waals surface area (Å²) in [4.78, 5) is 10.2. The summed E-state index contributed by atoms with van der Waals surface area (Å²) in [5.41, 5.74) is 1.47. The van der Waals surface area contributed by atoms with E-state index >= 15 is 0 Å². The van der Waals surface area contributed by atoms with Crippen molar-refractivity contribution in [3.63, 3.8) is 0 Å². The molecule has 8 heteroatoms. The second-order valence-electron chi connectivity index (χ2n) is 7.20. The monoisotopic (exact) mass is 392 g/mol. The average Bonchev–Trinajstić information content (AvgIpc) is 2.58. The van der Waals surface area contributed by atoms with Crippen molar-refractivity contribution in [1.82, 2.24) is 4.72 Å². The highest BCUT2D eigenvalue weighted by Crippen LogP contribution is 2.24. The maximum absolute atomic E-state index is 12.1. The molecule has 146 valence electrons. The maximum Gasteiger partial charge on any atom is 0.269 e. The molecule has 0 aliphatic heterocycles. The number of benzene rings is 2. The third-order valence-corrected chi connectivity index (χ3v) is 5.25. The normalized spacial score (nSPS) is 12.0. The standard InChI is InChI=1S/C19H24N2O5S/c1-19(2,3)16-7-9-18(10-8-16)26-12-11-20-27(24,25)14-15-5-4-6-17(13-15)21(22)23/h4-10,13,20H,11-12,14H2,1-3H3. The molecular weight excluding hydrogens is 368 g/mol. The van der Waals surface area contributed by atoms with Crippen LogP contribution in [0.4, 0.5) is 5.69 Å². The Morgan fingerprint density at radius 2 is 1.78 bits per heavy atom. The van der Waals surface area contributed by atoms with Gasteiger partial charge in [0.2, 0.25) is 10.0 Å². The first-order valence-electron chi connectivity index (χ1n) is 8.51. The summed E-state index contributed by atoms with van der Waals surface area (Å²) in [6.07, 6.45) is 0. The van der Waals surface area contributed by atoms with Gasteiger partial charge < -0.3 is 4.74 Å². The summed E-state index contributed by atoms with van der Waals surface area (Å²) in [5.74, 6) is 0.343. The fraction of sp³-hybridized carbons (Fsp3) is 0.368. The fourth-order valence-electron chi connectivity index (χ4n) is 2.45. The van der Waals surface area contributed by atoms with Crippen LogP contribution in [0.15, 0.2) is 48.5 Å². The van der Waals surface area contributed by atoms with Crippen LogP contribution in [0.1, 0.15) is 31.9 Å². The van der Waals surface area contributed by atoms with Crippen molar-refractivity contribution in [2.45, 2.75) is 31.9 Å². The zero-order valence-electron chi connectivity index (χ0n) is 15.6. The quantitative estimate of drug-likeness (QED) is 0.422. The Bertz CT molecular complexity index is 887. The molecule has 0 aliphatic rings. The molecule has 0 saturated heterocycles. The largest absolute Gasteiger partial charge is 0.492 e. The van der Waals surface area contributed by atoms with Crippen LogP contribution in [0, 0.1) is 10.1 Å². The predicted molar refractivity (Wildman–Crippen MR) is 104 cm³/mol. The first-order chi connectivity index (χ1) is 12.6. The van der Waals surface area contributed by atoms with Crippen LogP contribution in [-0.2, 0) is 21.2 Å². The molecule has 2 aromatic rings. The van der Waals surface area contributed by atoms with E-state index in [9.17, 15) is 18.5 Å². The lowest BCUT2D eigenvalue weighted by atomic mass is 9.87. The van der Waals surface area contributed by atoms with Gasteiger partial charge in [-0.1, -0.05) is 45.0 Å². The summed E-state index contributed by atoms with van der Waals surface area (Å²) < 4.78 is 32.2. The molecule has 0 bridgehead atoms. The summed E-state index contributed by atoms with van der Waals surface area (Å²) >= 11 is 0. The Labute approximate surface area is 159 Å². The smallest absolute Gasteiger partial charge is 0.269 e. The number of nitrogens with one attached hydrogen (secondary N) is 1. The molecule has 0 amide bonds. The van der Waals surface area contributed by atoms with Crippen LogP contribution >= 0.6 is 0 Å². The van der Waals surface area contributed by atoms with E-state index < -0.39 is 14.9 Å². The van der Waals surface area contributed by atoms with Gasteiger partial charge in [0.15, 0.2) is 0 Å². The molecule has 0 fully saturated rings. The van der Waals surface area contributed by atoms with Gasteiger partial charge in [-0.3, -0.25) is 10.1 Å². The zero-order valence-corrected chi connectivity index (χ0v) is 16.5. The van der Waals surface area contributed by atoms with Crippen LogP contribution in [0.25, 0.3) is 0 Å². The number of sulfonamides is 1. The molecule has 0 aliphatic carbocycles. The van der Waals surface area contributed by atoms with Gasteiger partial charge in [-0.2, -0.15) is 0 Å². The van der Waals surface area contributed by atoms with Gasteiger partial charge in [-0.15, -0.1) is 0 Å². The molecule has 0 heterocycles. The van der Waals surface area contributed by atoms with Crippen molar-refractivity contribution < 1.29 is 18.1 Å². The van der Waals surface area contributed by atoms with E-state index in [0.717, 1.165) is 0 Å². The van der Waals surface area contributed by atoms with Crippen molar-refractivity contribution in [1.29, 1.82) is 0 Å². The van der Waals surface area contributed by atoms with E-state index in [1.54, 1.807) is 6.07 Å². The number of ether oxygens (including phenoxy) is 1. The van der Waals surface area contributed by atoms with E-state index in [4.69, 9.17) is 4.74 Å². The molecule has 0 aromatic heterocycles. The van der Waals surface area contributed by atoms with E-state index in [0.29, 0.717) is 11.3 Å². The number of nitro benzene ring substituents is 1. The summed E-state index contributed by atoms with van der Waals surface area (Å²) in [7, 11) is -3.61. The van der Waals surface area contributed by atoms with Crippen molar-refractivity contribution in [2.24, 2.45) is 0 Å². The molecule has 1 N–H and O–H groups in total. The van der Waals surface area contributed by atoms with Gasteiger partial charge in [0.25, 0.3) is 5.69 Å². The Morgan fingerprint density at radius 1 is 1.11 bits per heavy atom. The molecule has 0 spiro atoms. The highest BCUT2D eigenvalue weighted by Gasteiger charge is 2.15. The van der Waals surface area contributed by atoms with Crippen molar-refractivity contribution >= 4 is 15.7 Å². The van der Waals surface area contributed by atoms with Gasteiger partial charge in [0.1, 0.15) is 12.4 Å². The first-order valence-corrected chi connectivity index (χ1v) is 10.2. The fourth-order valence-corrected chi connectivity index (χ4v) is 3.56. The molecule has 2 aromatic carbocycles. The Balaban J connectivity index is 1.83. The highest BCUT2D eigenvalue weighted by molar-refractivity contribution is 7.88. The molecule has 0 radical (unpaired) electrons. The minimum atomic E-state index is -3.61. The van der Waals surface area contributed by atoms with Gasteiger partial charge in [-0.25, -0.2) is 13.1 Å². The van der Waals surface area contributed by atoms with Gasteiger partial charge >= 0.3 is 0 Å². The molecule has 7 nitrogen and oxygen atoms in total. The number of non-ortho nitro benzene ring substituents is 1. The molecule has 0 unspecified atom stereocenters. The minimum absolute atomic E-state index is 0.0562. The maximum atomic E-state index is 12.1. The lowest BCUT2D eigenvalue weighted by molar-refractivity contribution is -0.384. The molecular formula is C19H24N2O5S. The lowest BCUT2D eigenvalue weighted by Gasteiger charge is -2.19. The highest BCUT2D eigenvalue weighted by atomic mass is 32.2. The van der Waals surface area contributed by atoms with E-state index in [2.05, 4.69) is 25.5 Å². The van der Waals surface area contributed by atoms with Crippen molar-refractivity contribution in [3.8, 4) is 5.75 Å². The average molecular weight is 392 g/mol. The third-order valence-electron chi connectivity index (χ3n) is 3.89. The molecule has 0 atom stereocenters. The van der Waals surface area contributed by atoms with Crippen LogP contribution in [0.2, 0.25) is 0 Å². The Morgan fingerprint density at radius 3 is 2.37 bits per heavy atom. The Hall–Kier alpha value is -2.45. The number of hydrogen-bond acceptors (Lipinski definition) is 5. The number of hydrogen-bond donors (Lipinski definition) is 1. The lowest BCUT2D eigenvalue weighted by Crippen LogP contribution is -2.29.